The summed E-state index contributed by atoms with van der Waals surface area (Å²) in [7, 11) is 0. The first-order chi connectivity index (χ1) is 8.95. The first-order valence-electron chi connectivity index (χ1n) is 5.94. The minimum atomic E-state index is -0.923. The minimum Gasteiger partial charge on any atom is -0.395 e. The van der Waals surface area contributed by atoms with Gasteiger partial charge in [0, 0.05) is 17.5 Å². The lowest BCUT2D eigenvalue weighted by atomic mass is 10.3. The molecule has 0 radical (unpaired) electrons. The summed E-state index contributed by atoms with van der Waals surface area (Å²) in [4.78, 5) is 14.0. The lowest BCUT2D eigenvalue weighted by Crippen LogP contribution is -2.40. The fraction of sp³-hybridized carbons (Fsp3) is 0.462. The summed E-state index contributed by atoms with van der Waals surface area (Å²) in [5.74, 6) is -1.84. The van der Waals surface area contributed by atoms with Gasteiger partial charge in [0.15, 0.2) is 11.6 Å². The summed E-state index contributed by atoms with van der Waals surface area (Å²) in [5.41, 5.74) is 0. The van der Waals surface area contributed by atoms with Crippen molar-refractivity contribution >= 4 is 17.7 Å². The van der Waals surface area contributed by atoms with Crippen LogP contribution in [-0.2, 0) is 4.79 Å². The molecule has 0 aromatic heterocycles. The highest BCUT2D eigenvalue weighted by Crippen LogP contribution is 2.21. The van der Waals surface area contributed by atoms with Gasteiger partial charge >= 0.3 is 0 Å². The second kappa shape index (κ2) is 7.45. The third kappa shape index (κ3) is 4.80. The number of benzene rings is 1. The molecule has 1 amide bonds. The highest BCUT2D eigenvalue weighted by atomic mass is 32.2. The van der Waals surface area contributed by atoms with E-state index in [4.69, 9.17) is 5.11 Å². The maximum absolute atomic E-state index is 13.0. The second-order valence-corrected chi connectivity index (χ2v) is 5.32. The summed E-state index contributed by atoms with van der Waals surface area (Å²) in [6.07, 6.45) is 0. The first kappa shape index (κ1) is 15.9. The van der Waals surface area contributed by atoms with Crippen LogP contribution in [0.2, 0.25) is 0 Å². The van der Waals surface area contributed by atoms with Gasteiger partial charge in [-0.15, -0.1) is 11.8 Å². The molecule has 19 heavy (non-hydrogen) atoms. The number of thioether (sulfide) groups is 1. The standard InChI is InChI=1S/C13H17F2NO2S/c1-9(2)16(5-6-17)13(18)8-19-10-3-4-11(14)12(15)7-10/h3-4,7,9,17H,5-6,8H2,1-2H3. The van der Waals surface area contributed by atoms with E-state index in [1.54, 1.807) is 4.90 Å². The van der Waals surface area contributed by atoms with E-state index in [9.17, 15) is 13.6 Å². The molecule has 0 saturated heterocycles. The second-order valence-electron chi connectivity index (χ2n) is 4.27. The molecule has 1 N–H and O–H groups in total. The van der Waals surface area contributed by atoms with Gasteiger partial charge in [-0.25, -0.2) is 8.78 Å². The summed E-state index contributed by atoms with van der Waals surface area (Å²) in [6.45, 7) is 3.89. The van der Waals surface area contributed by atoms with E-state index < -0.39 is 11.6 Å². The summed E-state index contributed by atoms with van der Waals surface area (Å²) >= 11 is 1.14. The number of halogens is 2. The zero-order valence-corrected chi connectivity index (χ0v) is 11.7. The van der Waals surface area contributed by atoms with Crippen molar-refractivity contribution in [2.24, 2.45) is 0 Å². The topological polar surface area (TPSA) is 40.5 Å². The van der Waals surface area contributed by atoms with Crippen LogP contribution in [0.1, 0.15) is 13.8 Å². The van der Waals surface area contributed by atoms with Crippen LogP contribution in [0.5, 0.6) is 0 Å². The number of carbonyl (C=O) groups excluding carboxylic acids is 1. The van der Waals surface area contributed by atoms with Crippen molar-refractivity contribution in [3.8, 4) is 0 Å². The predicted molar refractivity (Wildman–Crippen MR) is 71.0 cm³/mol. The van der Waals surface area contributed by atoms with Gasteiger partial charge in [0.05, 0.1) is 12.4 Å². The smallest absolute Gasteiger partial charge is 0.233 e. The van der Waals surface area contributed by atoms with E-state index in [1.165, 1.54) is 6.07 Å². The van der Waals surface area contributed by atoms with Crippen molar-refractivity contribution in [3.63, 3.8) is 0 Å². The van der Waals surface area contributed by atoms with Gasteiger partial charge in [0.2, 0.25) is 5.91 Å². The van der Waals surface area contributed by atoms with E-state index >= 15 is 0 Å². The molecule has 0 aliphatic heterocycles. The fourth-order valence-corrected chi connectivity index (χ4v) is 2.38. The van der Waals surface area contributed by atoms with E-state index in [0.29, 0.717) is 4.90 Å². The van der Waals surface area contributed by atoms with Crippen LogP contribution in [0.15, 0.2) is 23.1 Å². The maximum Gasteiger partial charge on any atom is 0.233 e. The first-order valence-corrected chi connectivity index (χ1v) is 6.92. The van der Waals surface area contributed by atoms with Crippen molar-refractivity contribution in [1.82, 2.24) is 4.90 Å². The fourth-order valence-electron chi connectivity index (χ4n) is 1.57. The molecule has 0 aliphatic carbocycles. The molecule has 1 aromatic carbocycles. The van der Waals surface area contributed by atoms with Crippen molar-refractivity contribution in [2.45, 2.75) is 24.8 Å². The zero-order chi connectivity index (χ0) is 14.4. The average Bonchev–Trinajstić information content (AvgIpc) is 2.36. The van der Waals surface area contributed by atoms with Gasteiger partial charge in [0.1, 0.15) is 0 Å². The Morgan fingerprint density at radius 1 is 1.37 bits per heavy atom. The quantitative estimate of drug-likeness (QED) is 0.817. The molecular formula is C13H17F2NO2S. The van der Waals surface area contributed by atoms with Crippen LogP contribution < -0.4 is 0 Å². The van der Waals surface area contributed by atoms with Crippen molar-refractivity contribution in [2.75, 3.05) is 18.9 Å². The van der Waals surface area contributed by atoms with Gasteiger partial charge in [-0.2, -0.15) is 0 Å². The SMILES string of the molecule is CC(C)N(CCO)C(=O)CSc1ccc(F)c(F)c1. The molecule has 0 fully saturated rings. The Balaban J connectivity index is 2.59. The van der Waals surface area contributed by atoms with Gasteiger partial charge in [0.25, 0.3) is 0 Å². The van der Waals surface area contributed by atoms with Gasteiger partial charge in [-0.3, -0.25) is 4.79 Å². The molecule has 0 heterocycles. The van der Waals surface area contributed by atoms with Crippen LogP contribution in [-0.4, -0.2) is 40.9 Å². The van der Waals surface area contributed by atoms with Crippen molar-refractivity contribution < 1.29 is 18.7 Å². The number of aliphatic hydroxyl groups excluding tert-OH is 1. The highest BCUT2D eigenvalue weighted by Gasteiger charge is 2.16. The Kier molecular flexibility index (Phi) is 6.24. The van der Waals surface area contributed by atoms with Crippen molar-refractivity contribution in [3.05, 3.63) is 29.8 Å². The predicted octanol–water partition coefficient (Wildman–Crippen LogP) is 2.29. The summed E-state index contributed by atoms with van der Waals surface area (Å²) in [5, 5.41) is 8.89. The molecule has 6 heteroatoms. The third-order valence-electron chi connectivity index (χ3n) is 2.54. The van der Waals surface area contributed by atoms with Crippen molar-refractivity contribution in [1.29, 1.82) is 0 Å². The van der Waals surface area contributed by atoms with Gasteiger partial charge in [-0.1, -0.05) is 0 Å². The third-order valence-corrected chi connectivity index (χ3v) is 3.52. The largest absolute Gasteiger partial charge is 0.395 e. The number of rotatable bonds is 6. The summed E-state index contributed by atoms with van der Waals surface area (Å²) in [6, 6.07) is 3.53. The van der Waals surface area contributed by atoms with Gasteiger partial charge < -0.3 is 10.0 Å². The Labute approximate surface area is 115 Å². The maximum atomic E-state index is 13.0. The minimum absolute atomic E-state index is 0.00907. The molecule has 0 aliphatic rings. The Morgan fingerprint density at radius 3 is 2.58 bits per heavy atom. The lowest BCUT2D eigenvalue weighted by molar-refractivity contribution is -0.130. The molecule has 3 nitrogen and oxygen atoms in total. The van der Waals surface area contributed by atoms with Crippen LogP contribution in [0, 0.1) is 11.6 Å². The van der Waals surface area contributed by atoms with Crippen LogP contribution >= 0.6 is 11.8 Å². The number of aliphatic hydroxyl groups is 1. The lowest BCUT2D eigenvalue weighted by Gasteiger charge is -2.25. The zero-order valence-electron chi connectivity index (χ0n) is 10.9. The van der Waals surface area contributed by atoms with Crippen LogP contribution in [0.3, 0.4) is 0 Å². The molecule has 0 saturated carbocycles. The average molecular weight is 289 g/mol. The molecule has 106 valence electrons. The van der Waals surface area contributed by atoms with E-state index in [2.05, 4.69) is 0 Å². The number of carbonyl (C=O) groups is 1. The molecule has 1 aromatic rings. The Bertz CT molecular complexity index is 441. The number of hydrogen-bond donors (Lipinski definition) is 1. The molecule has 0 spiro atoms. The Hall–Kier alpha value is -1.14. The van der Waals surface area contributed by atoms with E-state index in [1.807, 2.05) is 13.8 Å². The molecule has 0 unspecified atom stereocenters. The Morgan fingerprint density at radius 2 is 2.05 bits per heavy atom. The highest BCUT2D eigenvalue weighted by molar-refractivity contribution is 8.00. The normalized spacial score (nSPS) is 10.8. The number of amides is 1. The molecule has 0 atom stereocenters. The van der Waals surface area contributed by atoms with E-state index in [0.717, 1.165) is 23.9 Å². The molecule has 0 bridgehead atoms. The summed E-state index contributed by atoms with van der Waals surface area (Å²) < 4.78 is 25.7. The van der Waals surface area contributed by atoms with Gasteiger partial charge in [-0.05, 0) is 32.0 Å². The number of nitrogens with zero attached hydrogens (tertiary/aromatic N) is 1. The van der Waals surface area contributed by atoms with Crippen LogP contribution in [0.4, 0.5) is 8.78 Å². The number of hydrogen-bond acceptors (Lipinski definition) is 3. The van der Waals surface area contributed by atoms with E-state index in [-0.39, 0.29) is 30.9 Å². The van der Waals surface area contributed by atoms with Crippen LogP contribution in [0.25, 0.3) is 0 Å². The monoisotopic (exact) mass is 289 g/mol. The molecular weight excluding hydrogens is 272 g/mol. The molecule has 1 rings (SSSR count).